The molecule has 1 heterocycles. The Morgan fingerprint density at radius 3 is 2.61 bits per heavy atom. The summed E-state index contributed by atoms with van der Waals surface area (Å²) in [7, 11) is 0. The Kier molecular flexibility index (Phi) is 7.26. The van der Waals surface area contributed by atoms with Crippen molar-refractivity contribution in [2.24, 2.45) is 11.3 Å². The molecule has 1 aliphatic rings. The minimum atomic E-state index is -0.634. The fourth-order valence-corrected chi connectivity index (χ4v) is 3.91. The Labute approximate surface area is 187 Å². The van der Waals surface area contributed by atoms with Gasteiger partial charge in [-0.15, -0.1) is 11.8 Å². The van der Waals surface area contributed by atoms with Crippen LogP contribution < -0.4 is 15.0 Å². The van der Waals surface area contributed by atoms with Crippen LogP contribution >= 0.6 is 11.8 Å². The fraction of sp³-hybridized carbons (Fsp3) is 0.417. The summed E-state index contributed by atoms with van der Waals surface area (Å²) in [6.45, 7) is 8.92. The molecule has 0 bridgehead atoms. The van der Waals surface area contributed by atoms with Crippen LogP contribution in [-0.4, -0.2) is 30.7 Å². The molecule has 0 saturated heterocycles. The van der Waals surface area contributed by atoms with Crippen LogP contribution in [0.5, 0.6) is 5.75 Å². The SMILES string of the molecule is CC(C)CCN1C(=O)C(C)(C)COc2ccc(NC(=O)CSc3ccc(F)cc3)cc21. The van der Waals surface area contributed by atoms with Gasteiger partial charge < -0.3 is 15.0 Å². The smallest absolute Gasteiger partial charge is 0.236 e. The van der Waals surface area contributed by atoms with E-state index in [1.165, 1.54) is 23.9 Å². The van der Waals surface area contributed by atoms with Gasteiger partial charge in [0.1, 0.15) is 18.2 Å². The lowest BCUT2D eigenvalue weighted by molar-refractivity contribution is -0.127. The van der Waals surface area contributed by atoms with E-state index in [0.29, 0.717) is 36.2 Å². The second kappa shape index (κ2) is 9.73. The molecule has 0 aliphatic carbocycles. The summed E-state index contributed by atoms with van der Waals surface area (Å²) < 4.78 is 19.0. The van der Waals surface area contributed by atoms with E-state index in [1.54, 1.807) is 35.2 Å². The van der Waals surface area contributed by atoms with Gasteiger partial charge >= 0.3 is 0 Å². The van der Waals surface area contributed by atoms with Crippen molar-refractivity contribution in [1.29, 1.82) is 0 Å². The van der Waals surface area contributed by atoms with Crippen LogP contribution in [0.25, 0.3) is 0 Å². The van der Waals surface area contributed by atoms with Crippen LogP contribution in [0.3, 0.4) is 0 Å². The zero-order chi connectivity index (χ0) is 22.6. The largest absolute Gasteiger partial charge is 0.490 e. The Balaban J connectivity index is 1.75. The van der Waals surface area contributed by atoms with E-state index in [9.17, 15) is 14.0 Å². The number of halogens is 1. The van der Waals surface area contributed by atoms with Crippen LogP contribution in [0.2, 0.25) is 0 Å². The molecule has 0 aromatic heterocycles. The van der Waals surface area contributed by atoms with Crippen LogP contribution in [0.4, 0.5) is 15.8 Å². The number of amides is 2. The zero-order valence-electron chi connectivity index (χ0n) is 18.4. The number of nitrogens with one attached hydrogen (secondary N) is 1. The molecule has 3 rings (SSSR count). The molecule has 0 spiro atoms. The van der Waals surface area contributed by atoms with E-state index < -0.39 is 5.41 Å². The summed E-state index contributed by atoms with van der Waals surface area (Å²) >= 11 is 1.33. The van der Waals surface area contributed by atoms with Gasteiger partial charge in [0, 0.05) is 17.1 Å². The third-order valence-corrected chi connectivity index (χ3v) is 6.07. The number of carbonyl (C=O) groups is 2. The Morgan fingerprint density at radius 1 is 1.23 bits per heavy atom. The molecule has 0 unspecified atom stereocenters. The summed E-state index contributed by atoms with van der Waals surface area (Å²) in [6, 6.07) is 11.4. The first-order valence-corrected chi connectivity index (χ1v) is 11.4. The van der Waals surface area contributed by atoms with E-state index in [2.05, 4.69) is 19.2 Å². The first-order valence-electron chi connectivity index (χ1n) is 10.4. The van der Waals surface area contributed by atoms with Crippen molar-refractivity contribution in [3.8, 4) is 5.75 Å². The molecule has 166 valence electrons. The van der Waals surface area contributed by atoms with E-state index in [-0.39, 0.29) is 23.4 Å². The molecule has 0 fully saturated rings. The number of carbonyl (C=O) groups excluding carboxylic acids is 2. The summed E-state index contributed by atoms with van der Waals surface area (Å²) in [5.74, 6) is 0.825. The number of benzene rings is 2. The molecular formula is C24H29FN2O3S. The maximum Gasteiger partial charge on any atom is 0.236 e. The third kappa shape index (κ3) is 6.00. The summed E-state index contributed by atoms with van der Waals surface area (Å²) in [5, 5.41) is 2.89. The van der Waals surface area contributed by atoms with Gasteiger partial charge in [0.2, 0.25) is 11.8 Å². The molecule has 5 nitrogen and oxygen atoms in total. The van der Waals surface area contributed by atoms with Crippen LogP contribution in [-0.2, 0) is 9.59 Å². The highest BCUT2D eigenvalue weighted by Gasteiger charge is 2.37. The highest BCUT2D eigenvalue weighted by Crippen LogP contribution is 2.38. The maximum atomic E-state index is 13.2. The van der Waals surface area contributed by atoms with E-state index >= 15 is 0 Å². The highest BCUT2D eigenvalue weighted by molar-refractivity contribution is 8.00. The number of anilines is 2. The van der Waals surface area contributed by atoms with Crippen LogP contribution in [0.1, 0.15) is 34.1 Å². The van der Waals surface area contributed by atoms with Gasteiger partial charge in [-0.05, 0) is 68.7 Å². The molecule has 31 heavy (non-hydrogen) atoms. The second-order valence-corrected chi connectivity index (χ2v) is 9.83. The first-order chi connectivity index (χ1) is 14.7. The van der Waals surface area contributed by atoms with Crippen molar-refractivity contribution in [3.63, 3.8) is 0 Å². The van der Waals surface area contributed by atoms with Crippen molar-refractivity contribution in [2.45, 2.75) is 39.0 Å². The molecule has 2 aromatic rings. The molecule has 7 heteroatoms. The standard InChI is InChI=1S/C24H29FN2O3S/c1-16(2)11-12-27-20-13-18(7-10-21(20)30-15-24(3,4)23(27)29)26-22(28)14-31-19-8-5-17(25)6-9-19/h5-10,13,16H,11-12,14-15H2,1-4H3,(H,26,28). The van der Waals surface area contributed by atoms with Gasteiger partial charge in [0.25, 0.3) is 0 Å². The van der Waals surface area contributed by atoms with Gasteiger partial charge in [0.15, 0.2) is 0 Å². The number of fused-ring (bicyclic) bond motifs is 1. The molecule has 1 aliphatic heterocycles. The minimum Gasteiger partial charge on any atom is -0.490 e. The Bertz CT molecular complexity index is 944. The minimum absolute atomic E-state index is 0.0160. The number of nitrogens with zero attached hydrogens (tertiary/aromatic N) is 1. The van der Waals surface area contributed by atoms with E-state index in [1.807, 2.05) is 13.8 Å². The number of ether oxygens (including phenoxy) is 1. The van der Waals surface area contributed by atoms with Gasteiger partial charge in [-0.1, -0.05) is 13.8 Å². The number of rotatable bonds is 7. The summed E-state index contributed by atoms with van der Waals surface area (Å²) in [6.07, 6.45) is 0.867. The Morgan fingerprint density at radius 2 is 1.94 bits per heavy atom. The predicted molar refractivity (Wildman–Crippen MR) is 123 cm³/mol. The lowest BCUT2D eigenvalue weighted by Gasteiger charge is -2.28. The van der Waals surface area contributed by atoms with Gasteiger partial charge in [-0.25, -0.2) is 4.39 Å². The van der Waals surface area contributed by atoms with Crippen LogP contribution in [0, 0.1) is 17.2 Å². The summed E-state index contributed by atoms with van der Waals surface area (Å²) in [4.78, 5) is 28.2. The second-order valence-electron chi connectivity index (χ2n) is 8.79. The van der Waals surface area contributed by atoms with Crippen LogP contribution in [0.15, 0.2) is 47.4 Å². The molecule has 0 radical (unpaired) electrons. The van der Waals surface area contributed by atoms with Gasteiger partial charge in [-0.3, -0.25) is 9.59 Å². The first kappa shape index (κ1) is 23.1. The van der Waals surface area contributed by atoms with E-state index in [0.717, 1.165) is 11.3 Å². The van der Waals surface area contributed by atoms with Crippen molar-refractivity contribution in [3.05, 3.63) is 48.3 Å². The van der Waals surface area contributed by atoms with E-state index in [4.69, 9.17) is 4.74 Å². The molecule has 2 amide bonds. The average molecular weight is 445 g/mol. The number of hydrogen-bond acceptors (Lipinski definition) is 4. The third-order valence-electron chi connectivity index (χ3n) is 5.06. The molecule has 0 saturated carbocycles. The average Bonchev–Trinajstić information content (AvgIpc) is 2.81. The van der Waals surface area contributed by atoms with Crippen molar-refractivity contribution in [2.75, 3.05) is 29.1 Å². The van der Waals surface area contributed by atoms with Crippen molar-refractivity contribution < 1.29 is 18.7 Å². The topological polar surface area (TPSA) is 58.6 Å². The normalized spacial score (nSPS) is 15.3. The molecular weight excluding hydrogens is 415 g/mol. The van der Waals surface area contributed by atoms with Gasteiger partial charge in [0.05, 0.1) is 16.9 Å². The summed E-state index contributed by atoms with van der Waals surface area (Å²) in [5.41, 5.74) is 0.653. The Hall–Kier alpha value is -2.54. The number of thioether (sulfide) groups is 1. The highest BCUT2D eigenvalue weighted by atomic mass is 32.2. The number of hydrogen-bond donors (Lipinski definition) is 1. The molecule has 2 aromatic carbocycles. The molecule has 1 N–H and O–H groups in total. The monoisotopic (exact) mass is 444 g/mol. The fourth-order valence-electron chi connectivity index (χ4n) is 3.21. The quantitative estimate of drug-likeness (QED) is 0.585. The lowest BCUT2D eigenvalue weighted by Crippen LogP contribution is -2.42. The maximum absolute atomic E-state index is 13.2. The van der Waals surface area contributed by atoms with Gasteiger partial charge in [-0.2, -0.15) is 0 Å². The zero-order valence-corrected chi connectivity index (χ0v) is 19.2. The van der Waals surface area contributed by atoms with Crippen molar-refractivity contribution in [1.82, 2.24) is 0 Å². The predicted octanol–water partition coefficient (Wildman–Crippen LogP) is 5.35. The molecule has 0 atom stereocenters. The van der Waals surface area contributed by atoms with Crippen molar-refractivity contribution >= 4 is 35.0 Å². The lowest BCUT2D eigenvalue weighted by atomic mass is 9.92.